The highest BCUT2D eigenvalue weighted by Crippen LogP contribution is 2.36. The first-order valence-electron chi connectivity index (χ1n) is 5.46. The lowest BCUT2D eigenvalue weighted by Crippen LogP contribution is -1.98. The summed E-state index contributed by atoms with van der Waals surface area (Å²) in [4.78, 5) is 22.0. The molecule has 0 saturated heterocycles. The number of rotatable bonds is 4. The highest BCUT2D eigenvalue weighted by atomic mass is 31.2. The van der Waals surface area contributed by atoms with Crippen LogP contribution < -0.4 is 5.50 Å². The van der Waals surface area contributed by atoms with Crippen LogP contribution in [0.15, 0.2) is 27.4 Å². The number of oxazole rings is 1. The molecule has 0 aliphatic rings. The van der Waals surface area contributed by atoms with Crippen molar-refractivity contribution in [3.05, 3.63) is 24.3 Å². The van der Waals surface area contributed by atoms with Gasteiger partial charge >= 0.3 is 7.60 Å². The predicted molar refractivity (Wildman–Crippen MR) is 64.4 cm³/mol. The fourth-order valence-electron chi connectivity index (χ4n) is 1.60. The fourth-order valence-corrected chi connectivity index (χ4v) is 2.08. The molecule has 2 heterocycles. The van der Waals surface area contributed by atoms with Crippen LogP contribution in [0.2, 0.25) is 0 Å². The first-order valence-corrected chi connectivity index (χ1v) is 7.08. The molecule has 0 amide bonds. The first-order chi connectivity index (χ1) is 8.38. The van der Waals surface area contributed by atoms with E-state index in [2.05, 4.69) is 4.98 Å². The van der Waals surface area contributed by atoms with E-state index in [1.54, 1.807) is 0 Å². The second-order valence-electron chi connectivity index (χ2n) is 4.40. The van der Waals surface area contributed by atoms with Crippen LogP contribution in [0.5, 0.6) is 0 Å². The highest BCUT2D eigenvalue weighted by molar-refractivity contribution is 7.59. The SMILES string of the molecule is CC(C)Cc1ocnc1-c1ccc(P(=O)(O)O)o1. The molecule has 0 aliphatic carbocycles. The third kappa shape index (κ3) is 2.72. The van der Waals surface area contributed by atoms with Gasteiger partial charge in [0, 0.05) is 6.42 Å². The third-order valence-corrected chi connectivity index (χ3v) is 3.16. The minimum absolute atomic E-state index is 0.303. The van der Waals surface area contributed by atoms with Crippen molar-refractivity contribution in [2.75, 3.05) is 0 Å². The van der Waals surface area contributed by atoms with Crippen molar-refractivity contribution in [1.82, 2.24) is 4.98 Å². The minimum Gasteiger partial charge on any atom is -0.448 e. The zero-order valence-electron chi connectivity index (χ0n) is 10.0. The summed E-state index contributed by atoms with van der Waals surface area (Å²) in [6, 6.07) is 2.74. The second kappa shape index (κ2) is 4.72. The number of nitrogens with zero attached hydrogens (tertiary/aromatic N) is 1. The van der Waals surface area contributed by atoms with Gasteiger partial charge < -0.3 is 18.6 Å². The van der Waals surface area contributed by atoms with Crippen LogP contribution in [0.4, 0.5) is 0 Å². The van der Waals surface area contributed by atoms with Gasteiger partial charge in [-0.2, -0.15) is 0 Å². The Bertz CT molecular complexity index is 580. The molecule has 0 spiro atoms. The quantitative estimate of drug-likeness (QED) is 0.825. The van der Waals surface area contributed by atoms with Crippen molar-refractivity contribution in [3.8, 4) is 11.5 Å². The molecule has 2 rings (SSSR count). The number of hydrogen-bond donors (Lipinski definition) is 2. The van der Waals surface area contributed by atoms with Crippen molar-refractivity contribution in [2.45, 2.75) is 20.3 Å². The molecule has 0 atom stereocenters. The molecule has 0 aromatic carbocycles. The summed E-state index contributed by atoms with van der Waals surface area (Å²) in [7, 11) is -4.37. The van der Waals surface area contributed by atoms with Gasteiger partial charge in [-0.15, -0.1) is 0 Å². The van der Waals surface area contributed by atoms with E-state index in [0.717, 1.165) is 0 Å². The smallest absolute Gasteiger partial charge is 0.391 e. The van der Waals surface area contributed by atoms with Crippen molar-refractivity contribution >= 4 is 13.1 Å². The van der Waals surface area contributed by atoms with Gasteiger partial charge in [-0.3, -0.25) is 4.57 Å². The van der Waals surface area contributed by atoms with E-state index in [1.807, 2.05) is 13.8 Å². The Morgan fingerprint density at radius 1 is 1.39 bits per heavy atom. The molecular weight excluding hydrogens is 257 g/mol. The summed E-state index contributed by atoms with van der Waals surface area (Å²) in [5.74, 6) is 1.34. The summed E-state index contributed by atoms with van der Waals surface area (Å²) in [6.07, 6.45) is 1.98. The van der Waals surface area contributed by atoms with Gasteiger partial charge in [-0.1, -0.05) is 13.8 Å². The van der Waals surface area contributed by atoms with Gasteiger partial charge in [-0.25, -0.2) is 4.98 Å². The van der Waals surface area contributed by atoms with Crippen molar-refractivity contribution in [2.24, 2.45) is 5.92 Å². The molecule has 0 unspecified atom stereocenters. The van der Waals surface area contributed by atoms with Gasteiger partial charge in [0.25, 0.3) is 0 Å². The van der Waals surface area contributed by atoms with E-state index in [9.17, 15) is 4.57 Å². The van der Waals surface area contributed by atoms with E-state index < -0.39 is 7.60 Å². The standard InChI is InChI=1S/C11H14NO5P/c1-7(2)5-9-11(12-6-16-9)8-3-4-10(17-8)18(13,14)15/h3-4,6-7H,5H2,1-2H3,(H2,13,14,15). The van der Waals surface area contributed by atoms with Crippen molar-refractivity contribution < 1.29 is 23.2 Å². The predicted octanol–water partition coefficient (Wildman–Crippen LogP) is 1.94. The van der Waals surface area contributed by atoms with Crippen LogP contribution in [0, 0.1) is 5.92 Å². The lowest BCUT2D eigenvalue weighted by molar-refractivity contribution is 0.377. The largest absolute Gasteiger partial charge is 0.448 e. The summed E-state index contributed by atoms with van der Waals surface area (Å²) < 4.78 is 21.4. The Labute approximate surface area is 104 Å². The zero-order chi connectivity index (χ0) is 13.3. The maximum absolute atomic E-state index is 11.0. The fraction of sp³-hybridized carbons (Fsp3) is 0.364. The summed E-state index contributed by atoms with van der Waals surface area (Å²) in [5, 5.41) is 0. The minimum atomic E-state index is -4.37. The maximum atomic E-state index is 11.0. The molecule has 0 bridgehead atoms. The Morgan fingerprint density at radius 2 is 2.11 bits per heavy atom. The van der Waals surface area contributed by atoms with Gasteiger partial charge in [-0.05, 0) is 18.1 Å². The molecule has 2 aromatic heterocycles. The Kier molecular flexibility index (Phi) is 3.43. The Balaban J connectivity index is 2.35. The topological polar surface area (TPSA) is 96.7 Å². The van der Waals surface area contributed by atoms with Crippen LogP contribution in [-0.2, 0) is 11.0 Å². The average Bonchev–Trinajstić information content (AvgIpc) is 2.81. The maximum Gasteiger partial charge on any atom is 0.391 e. The molecule has 6 nitrogen and oxygen atoms in total. The molecule has 0 fully saturated rings. The molecular formula is C11H14NO5P. The van der Waals surface area contributed by atoms with Crippen LogP contribution in [0.25, 0.3) is 11.5 Å². The van der Waals surface area contributed by atoms with Crippen LogP contribution in [0.3, 0.4) is 0 Å². The van der Waals surface area contributed by atoms with Crippen molar-refractivity contribution in [1.29, 1.82) is 0 Å². The van der Waals surface area contributed by atoms with E-state index in [1.165, 1.54) is 18.5 Å². The molecule has 2 N–H and O–H groups in total. The van der Waals surface area contributed by atoms with Crippen LogP contribution in [-0.4, -0.2) is 14.8 Å². The van der Waals surface area contributed by atoms with Gasteiger partial charge in [0.1, 0.15) is 11.5 Å². The van der Waals surface area contributed by atoms with Crippen LogP contribution in [0.1, 0.15) is 19.6 Å². The third-order valence-electron chi connectivity index (χ3n) is 2.35. The summed E-state index contributed by atoms with van der Waals surface area (Å²) in [6.45, 7) is 4.07. The summed E-state index contributed by atoms with van der Waals surface area (Å²) >= 11 is 0. The van der Waals surface area contributed by atoms with Crippen LogP contribution >= 0.6 is 7.60 Å². The normalized spacial score (nSPS) is 12.3. The molecule has 18 heavy (non-hydrogen) atoms. The highest BCUT2D eigenvalue weighted by Gasteiger charge is 2.24. The molecule has 0 saturated carbocycles. The lowest BCUT2D eigenvalue weighted by Gasteiger charge is -2.02. The van der Waals surface area contributed by atoms with Gasteiger partial charge in [0.2, 0.25) is 5.50 Å². The van der Waals surface area contributed by atoms with Gasteiger partial charge in [0.15, 0.2) is 12.2 Å². The molecule has 7 heteroatoms. The Morgan fingerprint density at radius 3 is 2.67 bits per heavy atom. The monoisotopic (exact) mass is 271 g/mol. The van der Waals surface area contributed by atoms with E-state index in [0.29, 0.717) is 29.6 Å². The molecule has 2 aromatic rings. The number of furan rings is 1. The second-order valence-corrected chi connectivity index (χ2v) is 5.93. The first kappa shape index (κ1) is 13.1. The van der Waals surface area contributed by atoms with Gasteiger partial charge in [0.05, 0.1) is 0 Å². The lowest BCUT2D eigenvalue weighted by atomic mass is 10.1. The van der Waals surface area contributed by atoms with E-state index in [4.69, 9.17) is 18.6 Å². The van der Waals surface area contributed by atoms with E-state index in [-0.39, 0.29) is 5.50 Å². The zero-order valence-corrected chi connectivity index (χ0v) is 10.9. The number of hydrogen-bond acceptors (Lipinski definition) is 4. The molecule has 98 valence electrons. The summed E-state index contributed by atoms with van der Waals surface area (Å²) in [5.41, 5.74) is 0.124. The van der Waals surface area contributed by atoms with E-state index >= 15 is 0 Å². The molecule has 0 radical (unpaired) electrons. The van der Waals surface area contributed by atoms with Crippen molar-refractivity contribution in [3.63, 3.8) is 0 Å². The molecule has 0 aliphatic heterocycles. The Hall–Kier alpha value is -1.36. The average molecular weight is 271 g/mol. The number of aromatic nitrogens is 1.